The normalized spacial score (nSPS) is 19.6. The van der Waals surface area contributed by atoms with E-state index < -0.39 is 28.7 Å². The average Bonchev–Trinajstić information content (AvgIpc) is 3.32. The molecule has 8 nitrogen and oxygen atoms in total. The number of imide groups is 1. The van der Waals surface area contributed by atoms with Gasteiger partial charge in [0.1, 0.15) is 12.0 Å². The number of carbonyl (C=O) groups excluding carboxylic acids is 2. The van der Waals surface area contributed by atoms with Gasteiger partial charge in [0.25, 0.3) is 11.6 Å². The predicted molar refractivity (Wildman–Crippen MR) is 125 cm³/mol. The largest absolute Gasteiger partial charge is 0.273 e. The first kappa shape index (κ1) is 21.1. The number of rotatable bonds is 4. The summed E-state index contributed by atoms with van der Waals surface area (Å²) in [6, 6.07) is 18.4. The van der Waals surface area contributed by atoms with Crippen LogP contribution in [0.4, 0.5) is 17.1 Å². The number of carbonyl (C=O) groups is 2. The molecule has 0 bridgehead atoms. The molecular formula is C23H14Cl2N4O4. The van der Waals surface area contributed by atoms with E-state index in [1.807, 2.05) is 6.07 Å². The van der Waals surface area contributed by atoms with E-state index in [1.165, 1.54) is 41.4 Å². The van der Waals surface area contributed by atoms with Crippen LogP contribution < -0.4 is 9.91 Å². The lowest BCUT2D eigenvalue weighted by Crippen LogP contribution is -2.39. The van der Waals surface area contributed by atoms with E-state index in [0.29, 0.717) is 22.0 Å². The van der Waals surface area contributed by atoms with Gasteiger partial charge in [0.15, 0.2) is 0 Å². The number of non-ortho nitro benzene ring substituents is 1. The van der Waals surface area contributed by atoms with E-state index >= 15 is 0 Å². The van der Waals surface area contributed by atoms with E-state index in [2.05, 4.69) is 5.10 Å². The molecule has 2 aliphatic heterocycles. The minimum absolute atomic E-state index is 0.0859. The quantitative estimate of drug-likeness (QED) is 0.306. The highest BCUT2D eigenvalue weighted by Crippen LogP contribution is 2.41. The first-order chi connectivity index (χ1) is 15.9. The van der Waals surface area contributed by atoms with Crippen molar-refractivity contribution in [1.29, 1.82) is 0 Å². The third-order valence-electron chi connectivity index (χ3n) is 5.59. The van der Waals surface area contributed by atoms with Crippen molar-refractivity contribution in [2.75, 3.05) is 9.91 Å². The first-order valence-corrected chi connectivity index (χ1v) is 10.6. The van der Waals surface area contributed by atoms with Crippen molar-refractivity contribution in [1.82, 2.24) is 0 Å². The molecule has 0 spiro atoms. The number of amides is 2. The number of hydrogen-bond donors (Lipinski definition) is 0. The molecule has 0 unspecified atom stereocenters. The van der Waals surface area contributed by atoms with Gasteiger partial charge in [-0.3, -0.25) is 24.7 Å². The van der Waals surface area contributed by atoms with Crippen molar-refractivity contribution in [3.8, 4) is 0 Å². The van der Waals surface area contributed by atoms with Crippen molar-refractivity contribution in [2.45, 2.75) is 6.04 Å². The molecule has 1 saturated heterocycles. The van der Waals surface area contributed by atoms with Crippen molar-refractivity contribution in [3.63, 3.8) is 0 Å². The van der Waals surface area contributed by atoms with Gasteiger partial charge in [0, 0.05) is 17.2 Å². The van der Waals surface area contributed by atoms with Crippen LogP contribution in [0.5, 0.6) is 0 Å². The Morgan fingerprint density at radius 3 is 2.24 bits per heavy atom. The van der Waals surface area contributed by atoms with Gasteiger partial charge in [-0.15, -0.1) is 0 Å². The van der Waals surface area contributed by atoms with E-state index in [9.17, 15) is 19.7 Å². The highest BCUT2D eigenvalue weighted by molar-refractivity contribution is 6.40. The highest BCUT2D eigenvalue weighted by Gasteiger charge is 2.57. The molecule has 2 atom stereocenters. The average molecular weight is 481 g/mol. The summed E-state index contributed by atoms with van der Waals surface area (Å²) in [6.07, 6.45) is 0. The molecule has 2 heterocycles. The second-order valence-electron chi connectivity index (χ2n) is 7.50. The SMILES string of the molecule is O=C1[C@@H]2C(c3ccc([N+](=O)[O-])cc3)=NN(c3ccccc3)[C@H]2C(=O)N1c1ccc(Cl)cc1Cl. The van der Waals surface area contributed by atoms with Crippen LogP contribution in [0.15, 0.2) is 77.9 Å². The Balaban J connectivity index is 1.62. The van der Waals surface area contributed by atoms with Gasteiger partial charge in [-0.05, 0) is 48.0 Å². The monoisotopic (exact) mass is 480 g/mol. The van der Waals surface area contributed by atoms with Crippen LogP contribution in [0.3, 0.4) is 0 Å². The Kier molecular flexibility index (Phi) is 5.11. The van der Waals surface area contributed by atoms with Crippen molar-refractivity contribution in [2.24, 2.45) is 11.0 Å². The molecule has 0 aliphatic carbocycles. The molecule has 1 fully saturated rings. The second-order valence-corrected chi connectivity index (χ2v) is 8.34. The maximum absolute atomic E-state index is 13.6. The molecular weight excluding hydrogens is 467 g/mol. The smallest absolute Gasteiger partial charge is 0.269 e. The van der Waals surface area contributed by atoms with E-state index in [0.717, 1.165) is 4.90 Å². The molecule has 0 saturated carbocycles. The molecule has 0 N–H and O–H groups in total. The van der Waals surface area contributed by atoms with Crippen LogP contribution in [0, 0.1) is 16.0 Å². The fourth-order valence-corrected chi connectivity index (χ4v) is 4.59. The fourth-order valence-electron chi connectivity index (χ4n) is 4.10. The Morgan fingerprint density at radius 1 is 0.909 bits per heavy atom. The van der Waals surface area contributed by atoms with E-state index in [1.54, 1.807) is 30.3 Å². The third-order valence-corrected chi connectivity index (χ3v) is 6.13. The number of nitrogens with zero attached hydrogens (tertiary/aromatic N) is 4. The lowest BCUT2D eigenvalue weighted by atomic mass is 9.92. The van der Waals surface area contributed by atoms with Crippen molar-refractivity contribution in [3.05, 3.63) is 98.5 Å². The standard InChI is InChI=1S/C23H14Cl2N4O4/c24-14-8-11-18(17(25)12-14)27-22(30)19-20(13-6-9-16(10-7-13)29(32)33)26-28(21(19)23(27)31)15-4-2-1-3-5-15/h1-12,19,21H/t19-,21-/m1/s1. The lowest BCUT2D eigenvalue weighted by Gasteiger charge is -2.22. The first-order valence-electron chi connectivity index (χ1n) is 9.87. The van der Waals surface area contributed by atoms with Crippen LogP contribution in [0.1, 0.15) is 5.56 Å². The highest BCUT2D eigenvalue weighted by atomic mass is 35.5. The number of hydrogen-bond acceptors (Lipinski definition) is 6. The van der Waals surface area contributed by atoms with Crippen molar-refractivity contribution < 1.29 is 14.5 Å². The molecule has 10 heteroatoms. The third kappa shape index (κ3) is 3.44. The van der Waals surface area contributed by atoms with Crippen LogP contribution in [-0.4, -0.2) is 28.5 Å². The fraction of sp³-hybridized carbons (Fsp3) is 0.0870. The number of benzene rings is 3. The number of fused-ring (bicyclic) bond motifs is 1. The minimum Gasteiger partial charge on any atom is -0.273 e. The van der Waals surface area contributed by atoms with E-state index in [4.69, 9.17) is 23.2 Å². The number of nitro groups is 1. The number of hydrazone groups is 1. The maximum atomic E-state index is 13.6. The maximum Gasteiger partial charge on any atom is 0.269 e. The zero-order chi connectivity index (χ0) is 23.3. The summed E-state index contributed by atoms with van der Waals surface area (Å²) in [5.74, 6) is -1.87. The summed E-state index contributed by atoms with van der Waals surface area (Å²) in [4.78, 5) is 38.7. The van der Waals surface area contributed by atoms with Gasteiger partial charge in [-0.2, -0.15) is 5.10 Å². The van der Waals surface area contributed by atoms with Crippen LogP contribution in [-0.2, 0) is 9.59 Å². The van der Waals surface area contributed by atoms with Gasteiger partial charge >= 0.3 is 0 Å². The van der Waals surface area contributed by atoms with Crippen molar-refractivity contribution >= 4 is 57.8 Å². The Hall–Kier alpha value is -3.75. The molecule has 2 aliphatic rings. The Morgan fingerprint density at radius 2 is 1.61 bits per heavy atom. The minimum atomic E-state index is -0.920. The zero-order valence-electron chi connectivity index (χ0n) is 16.8. The van der Waals surface area contributed by atoms with Crippen LogP contribution in [0.25, 0.3) is 0 Å². The summed E-state index contributed by atoms with van der Waals surface area (Å²) in [5.41, 5.74) is 1.65. The molecule has 3 aromatic rings. The van der Waals surface area contributed by atoms with Gasteiger partial charge in [0.2, 0.25) is 5.91 Å². The molecule has 0 aromatic heterocycles. The van der Waals surface area contributed by atoms with Gasteiger partial charge in [-0.25, -0.2) is 4.90 Å². The number of nitro benzene ring substituents is 1. The molecule has 3 aromatic carbocycles. The molecule has 164 valence electrons. The van der Waals surface area contributed by atoms with Gasteiger partial charge < -0.3 is 0 Å². The molecule has 0 radical (unpaired) electrons. The molecule has 2 amide bonds. The Bertz CT molecular complexity index is 1330. The molecule has 33 heavy (non-hydrogen) atoms. The molecule has 5 rings (SSSR count). The number of halogens is 2. The summed E-state index contributed by atoms with van der Waals surface area (Å²) >= 11 is 12.3. The Labute approximate surface area is 197 Å². The van der Waals surface area contributed by atoms with Gasteiger partial charge in [-0.1, -0.05) is 41.4 Å². The summed E-state index contributed by atoms with van der Waals surface area (Å²) < 4.78 is 0. The second kappa shape index (κ2) is 7.99. The summed E-state index contributed by atoms with van der Waals surface area (Å²) in [6.45, 7) is 0. The number of anilines is 2. The van der Waals surface area contributed by atoms with Gasteiger partial charge in [0.05, 0.1) is 27.0 Å². The summed E-state index contributed by atoms with van der Waals surface area (Å²) in [5, 5.41) is 17.7. The topological polar surface area (TPSA) is 96.1 Å². The lowest BCUT2D eigenvalue weighted by molar-refractivity contribution is -0.384. The predicted octanol–water partition coefficient (Wildman–Crippen LogP) is 4.68. The summed E-state index contributed by atoms with van der Waals surface area (Å²) in [7, 11) is 0. The van der Waals surface area contributed by atoms with Crippen LogP contribution >= 0.6 is 23.2 Å². The van der Waals surface area contributed by atoms with E-state index in [-0.39, 0.29) is 16.4 Å². The van der Waals surface area contributed by atoms with Crippen LogP contribution in [0.2, 0.25) is 10.0 Å². The number of para-hydroxylation sites is 1. The zero-order valence-corrected chi connectivity index (χ0v) is 18.3.